The molecular weight excluding hydrogens is 342 g/mol. The smallest absolute Gasteiger partial charge is 0.257 e. The highest BCUT2D eigenvalue weighted by molar-refractivity contribution is 7.89. The summed E-state index contributed by atoms with van der Waals surface area (Å²) in [6.07, 6.45) is 1.24. The van der Waals surface area contributed by atoms with E-state index < -0.39 is 10.0 Å². The van der Waals surface area contributed by atoms with Crippen molar-refractivity contribution >= 4 is 33.2 Å². The molecule has 0 atom stereocenters. The summed E-state index contributed by atoms with van der Waals surface area (Å²) in [5.74, 6) is -0.378. The summed E-state index contributed by atoms with van der Waals surface area (Å²) in [6.45, 7) is 0.589. The molecule has 0 saturated carbocycles. The Labute approximate surface area is 145 Å². The standard InChI is InChI=1S/C17H17N3O4S/c18-25(23,24)13-9-7-12(8-10-13)19-17(22)14-4-1-2-5-15(14)20-11-3-6-16(20)21/h1-2,4-5,7-10H,3,6,11H2,(H,19,22)(H2,18,23,24). The summed E-state index contributed by atoms with van der Waals surface area (Å²) in [6, 6.07) is 12.4. The van der Waals surface area contributed by atoms with Crippen LogP contribution in [0.15, 0.2) is 53.4 Å². The third-order valence-corrected chi connectivity index (χ3v) is 4.88. The molecule has 2 aromatic rings. The van der Waals surface area contributed by atoms with Crippen molar-refractivity contribution < 1.29 is 18.0 Å². The molecule has 1 aliphatic rings. The Morgan fingerprint density at radius 3 is 2.36 bits per heavy atom. The van der Waals surface area contributed by atoms with Gasteiger partial charge in [-0.25, -0.2) is 13.6 Å². The van der Waals surface area contributed by atoms with E-state index in [9.17, 15) is 18.0 Å². The molecule has 3 N–H and O–H groups in total. The number of sulfonamides is 1. The summed E-state index contributed by atoms with van der Waals surface area (Å²) in [7, 11) is -3.78. The van der Waals surface area contributed by atoms with Crippen molar-refractivity contribution in [2.24, 2.45) is 5.14 Å². The molecular formula is C17H17N3O4S. The molecule has 2 aromatic carbocycles. The lowest BCUT2D eigenvalue weighted by Crippen LogP contribution is -2.27. The number of carbonyl (C=O) groups excluding carboxylic acids is 2. The van der Waals surface area contributed by atoms with Gasteiger partial charge in [-0.05, 0) is 42.8 Å². The number of amides is 2. The second-order valence-electron chi connectivity index (χ2n) is 5.69. The van der Waals surface area contributed by atoms with Crippen molar-refractivity contribution in [1.82, 2.24) is 0 Å². The number of benzene rings is 2. The van der Waals surface area contributed by atoms with Gasteiger partial charge in [0.1, 0.15) is 0 Å². The first-order valence-corrected chi connectivity index (χ1v) is 9.24. The van der Waals surface area contributed by atoms with E-state index in [4.69, 9.17) is 5.14 Å². The maximum Gasteiger partial charge on any atom is 0.257 e. The summed E-state index contributed by atoms with van der Waals surface area (Å²) in [5, 5.41) is 7.75. The lowest BCUT2D eigenvalue weighted by Gasteiger charge is -2.19. The summed E-state index contributed by atoms with van der Waals surface area (Å²) < 4.78 is 22.5. The van der Waals surface area contributed by atoms with E-state index in [-0.39, 0.29) is 16.7 Å². The van der Waals surface area contributed by atoms with Gasteiger partial charge in [-0.2, -0.15) is 0 Å². The van der Waals surface area contributed by atoms with Crippen molar-refractivity contribution in [2.45, 2.75) is 17.7 Å². The van der Waals surface area contributed by atoms with E-state index in [0.29, 0.717) is 29.9 Å². The van der Waals surface area contributed by atoms with Gasteiger partial charge in [-0.15, -0.1) is 0 Å². The zero-order chi connectivity index (χ0) is 18.0. The first kappa shape index (κ1) is 17.1. The fourth-order valence-electron chi connectivity index (χ4n) is 2.73. The van der Waals surface area contributed by atoms with Gasteiger partial charge in [0.15, 0.2) is 0 Å². The fraction of sp³-hybridized carbons (Fsp3) is 0.176. The van der Waals surface area contributed by atoms with Gasteiger partial charge in [0, 0.05) is 18.7 Å². The van der Waals surface area contributed by atoms with Gasteiger partial charge >= 0.3 is 0 Å². The quantitative estimate of drug-likeness (QED) is 0.866. The van der Waals surface area contributed by atoms with Gasteiger partial charge in [0.05, 0.1) is 16.1 Å². The van der Waals surface area contributed by atoms with Gasteiger partial charge in [-0.1, -0.05) is 12.1 Å². The lowest BCUT2D eigenvalue weighted by atomic mass is 10.1. The molecule has 0 unspecified atom stereocenters. The minimum absolute atomic E-state index is 0.00208. The van der Waals surface area contributed by atoms with Crippen molar-refractivity contribution in [3.8, 4) is 0 Å². The van der Waals surface area contributed by atoms with E-state index in [0.717, 1.165) is 6.42 Å². The van der Waals surface area contributed by atoms with Crippen LogP contribution in [-0.4, -0.2) is 26.8 Å². The van der Waals surface area contributed by atoms with Crippen LogP contribution in [0.1, 0.15) is 23.2 Å². The van der Waals surface area contributed by atoms with E-state index in [1.54, 1.807) is 29.2 Å². The number of nitrogens with two attached hydrogens (primary N) is 1. The Kier molecular flexibility index (Phi) is 4.56. The molecule has 0 spiro atoms. The minimum atomic E-state index is -3.78. The van der Waals surface area contributed by atoms with Crippen LogP contribution < -0.4 is 15.4 Å². The zero-order valence-electron chi connectivity index (χ0n) is 13.3. The molecule has 130 valence electrons. The normalized spacial score (nSPS) is 14.6. The molecule has 1 heterocycles. The molecule has 1 aliphatic heterocycles. The molecule has 1 saturated heterocycles. The molecule has 0 aromatic heterocycles. The van der Waals surface area contributed by atoms with Crippen LogP contribution in [0.3, 0.4) is 0 Å². The number of rotatable bonds is 4. The highest BCUT2D eigenvalue weighted by Gasteiger charge is 2.25. The van der Waals surface area contributed by atoms with Crippen LogP contribution in [0, 0.1) is 0 Å². The highest BCUT2D eigenvalue weighted by atomic mass is 32.2. The van der Waals surface area contributed by atoms with Crippen molar-refractivity contribution in [3.05, 3.63) is 54.1 Å². The number of nitrogens with zero attached hydrogens (tertiary/aromatic N) is 1. The third kappa shape index (κ3) is 3.70. The van der Waals surface area contributed by atoms with Gasteiger partial charge in [0.2, 0.25) is 15.9 Å². The Morgan fingerprint density at radius 2 is 1.76 bits per heavy atom. The molecule has 0 aliphatic carbocycles. The number of anilines is 2. The minimum Gasteiger partial charge on any atom is -0.322 e. The van der Waals surface area contributed by atoms with Gasteiger partial charge < -0.3 is 10.2 Å². The van der Waals surface area contributed by atoms with Crippen LogP contribution in [0.2, 0.25) is 0 Å². The SMILES string of the molecule is NS(=O)(=O)c1ccc(NC(=O)c2ccccc2N2CCCC2=O)cc1. The van der Waals surface area contributed by atoms with Crippen LogP contribution in [0.25, 0.3) is 0 Å². The zero-order valence-corrected chi connectivity index (χ0v) is 14.1. The monoisotopic (exact) mass is 359 g/mol. The van der Waals surface area contributed by atoms with Crippen LogP contribution in [0.4, 0.5) is 11.4 Å². The predicted molar refractivity (Wildman–Crippen MR) is 93.8 cm³/mol. The maximum atomic E-state index is 12.6. The first-order valence-electron chi connectivity index (χ1n) is 7.70. The number of carbonyl (C=O) groups is 2. The molecule has 7 nitrogen and oxygen atoms in total. The van der Waals surface area contributed by atoms with Gasteiger partial charge in [-0.3, -0.25) is 9.59 Å². The number of hydrogen-bond donors (Lipinski definition) is 2. The molecule has 0 bridgehead atoms. The molecule has 25 heavy (non-hydrogen) atoms. The largest absolute Gasteiger partial charge is 0.322 e. The molecule has 2 amide bonds. The highest BCUT2D eigenvalue weighted by Crippen LogP contribution is 2.26. The predicted octanol–water partition coefficient (Wildman–Crippen LogP) is 1.71. The van der Waals surface area contributed by atoms with Crippen molar-refractivity contribution in [1.29, 1.82) is 0 Å². The summed E-state index contributed by atoms with van der Waals surface area (Å²) in [4.78, 5) is 26.1. The van der Waals surface area contributed by atoms with Crippen molar-refractivity contribution in [2.75, 3.05) is 16.8 Å². The van der Waals surface area contributed by atoms with E-state index in [1.165, 1.54) is 24.3 Å². The topological polar surface area (TPSA) is 110 Å². The van der Waals surface area contributed by atoms with Crippen LogP contribution >= 0.6 is 0 Å². The Bertz CT molecular complexity index is 923. The van der Waals surface area contributed by atoms with Gasteiger partial charge in [0.25, 0.3) is 5.91 Å². The average molecular weight is 359 g/mol. The van der Waals surface area contributed by atoms with Crippen LogP contribution in [0.5, 0.6) is 0 Å². The number of primary sulfonamides is 1. The second-order valence-corrected chi connectivity index (χ2v) is 7.25. The Morgan fingerprint density at radius 1 is 1.08 bits per heavy atom. The maximum absolute atomic E-state index is 12.6. The number of hydrogen-bond acceptors (Lipinski definition) is 4. The fourth-order valence-corrected chi connectivity index (χ4v) is 3.25. The summed E-state index contributed by atoms with van der Waals surface area (Å²) >= 11 is 0. The third-order valence-electron chi connectivity index (χ3n) is 3.95. The number of nitrogens with one attached hydrogen (secondary N) is 1. The first-order chi connectivity index (χ1) is 11.9. The van der Waals surface area contributed by atoms with Crippen molar-refractivity contribution in [3.63, 3.8) is 0 Å². The average Bonchev–Trinajstić information content (AvgIpc) is 3.00. The summed E-state index contributed by atoms with van der Waals surface area (Å²) in [5.41, 5.74) is 1.39. The Hall–Kier alpha value is -2.71. The second kappa shape index (κ2) is 6.66. The molecule has 3 rings (SSSR count). The molecule has 1 fully saturated rings. The van der Waals surface area contributed by atoms with E-state index >= 15 is 0 Å². The van der Waals surface area contributed by atoms with E-state index in [2.05, 4.69) is 5.32 Å². The van der Waals surface area contributed by atoms with Crippen LogP contribution in [-0.2, 0) is 14.8 Å². The van der Waals surface area contributed by atoms with E-state index in [1.807, 2.05) is 0 Å². The molecule has 8 heteroatoms. The molecule has 0 radical (unpaired) electrons. The number of para-hydroxylation sites is 1. The lowest BCUT2D eigenvalue weighted by molar-refractivity contribution is -0.117. The Balaban J connectivity index is 1.83.